The lowest BCUT2D eigenvalue weighted by Gasteiger charge is -2.11. The third-order valence-corrected chi connectivity index (χ3v) is 4.02. The number of nitrogens with zero attached hydrogens (tertiary/aromatic N) is 4. The highest BCUT2D eigenvalue weighted by Crippen LogP contribution is 2.31. The van der Waals surface area contributed by atoms with E-state index in [1.165, 1.54) is 10.8 Å². The van der Waals surface area contributed by atoms with Gasteiger partial charge in [0.25, 0.3) is 0 Å². The third kappa shape index (κ3) is 3.25. The Morgan fingerprint density at radius 2 is 2.08 bits per heavy atom. The van der Waals surface area contributed by atoms with Gasteiger partial charge >= 0.3 is 0 Å². The molecule has 0 amide bonds. The predicted molar refractivity (Wildman–Crippen MR) is 98.0 cm³/mol. The van der Waals surface area contributed by atoms with Crippen LogP contribution in [0.2, 0.25) is 5.02 Å². The molecule has 7 nitrogen and oxygen atoms in total. The Morgan fingerprint density at radius 3 is 2.88 bits per heavy atom. The van der Waals surface area contributed by atoms with Crippen molar-refractivity contribution >= 4 is 28.6 Å². The van der Waals surface area contributed by atoms with Crippen LogP contribution in [0.25, 0.3) is 5.52 Å². The van der Waals surface area contributed by atoms with Crippen molar-refractivity contribution in [2.75, 3.05) is 5.32 Å². The summed E-state index contributed by atoms with van der Waals surface area (Å²) in [5, 5.41) is 17.6. The largest absolute Gasteiger partial charge is 0.505 e. The monoisotopic (exact) mass is 367 g/mol. The van der Waals surface area contributed by atoms with Gasteiger partial charge in [-0.05, 0) is 30.3 Å². The number of aromatic hydroxyl groups is 1. The number of nitrogens with one attached hydrogen (secondary N) is 1. The predicted octanol–water partition coefficient (Wildman–Crippen LogP) is 3.81. The van der Waals surface area contributed by atoms with Gasteiger partial charge in [-0.2, -0.15) is 5.10 Å². The number of hydrogen-bond donors (Lipinski definition) is 2. The van der Waals surface area contributed by atoms with Crippen molar-refractivity contribution in [1.29, 1.82) is 0 Å². The fraction of sp³-hybridized carbons (Fsp3) is 0.0556. The van der Waals surface area contributed by atoms with Crippen LogP contribution in [0.4, 0.5) is 11.5 Å². The van der Waals surface area contributed by atoms with Gasteiger partial charge in [0.05, 0.1) is 10.7 Å². The first-order chi connectivity index (χ1) is 12.7. The molecule has 0 spiro atoms. The minimum atomic E-state index is 0.0921. The maximum absolute atomic E-state index is 9.95. The summed E-state index contributed by atoms with van der Waals surface area (Å²) in [6.45, 7) is 0.331. The van der Waals surface area contributed by atoms with E-state index >= 15 is 0 Å². The molecule has 0 saturated heterocycles. The van der Waals surface area contributed by atoms with Crippen molar-refractivity contribution in [1.82, 2.24) is 19.6 Å². The number of anilines is 2. The van der Waals surface area contributed by atoms with Crippen molar-refractivity contribution < 1.29 is 9.84 Å². The molecule has 130 valence electrons. The minimum absolute atomic E-state index is 0.0921. The zero-order valence-corrected chi connectivity index (χ0v) is 14.3. The van der Waals surface area contributed by atoms with E-state index < -0.39 is 0 Å². The number of fused-ring (bicyclic) bond motifs is 1. The highest BCUT2D eigenvalue weighted by molar-refractivity contribution is 6.32. The van der Waals surface area contributed by atoms with Crippen LogP contribution in [0.3, 0.4) is 0 Å². The minimum Gasteiger partial charge on any atom is -0.505 e. The maximum Gasteiger partial charge on any atom is 0.162 e. The summed E-state index contributed by atoms with van der Waals surface area (Å²) in [5.74, 6) is 1.12. The Labute approximate surface area is 153 Å². The Morgan fingerprint density at radius 1 is 1.15 bits per heavy atom. The molecule has 4 rings (SSSR count). The lowest BCUT2D eigenvalue weighted by molar-refractivity contribution is 0.301. The molecule has 0 aliphatic rings. The molecule has 26 heavy (non-hydrogen) atoms. The van der Waals surface area contributed by atoms with Crippen molar-refractivity contribution in [3.05, 3.63) is 71.9 Å². The first-order valence-electron chi connectivity index (χ1n) is 7.81. The van der Waals surface area contributed by atoms with Gasteiger partial charge in [0.2, 0.25) is 0 Å². The fourth-order valence-corrected chi connectivity index (χ4v) is 2.73. The van der Waals surface area contributed by atoms with E-state index in [-0.39, 0.29) is 5.75 Å². The van der Waals surface area contributed by atoms with E-state index in [4.69, 9.17) is 16.3 Å². The molecule has 1 aromatic carbocycles. The highest BCUT2D eigenvalue weighted by Gasteiger charge is 2.11. The molecular formula is C18H14ClN5O2. The van der Waals surface area contributed by atoms with Crippen molar-refractivity contribution in [2.45, 2.75) is 6.61 Å². The quantitative estimate of drug-likeness (QED) is 0.558. The topological polar surface area (TPSA) is 84.6 Å². The molecule has 0 unspecified atom stereocenters. The summed E-state index contributed by atoms with van der Waals surface area (Å²) in [6, 6.07) is 12.5. The zero-order chi connectivity index (χ0) is 17.9. The van der Waals surface area contributed by atoms with E-state index in [9.17, 15) is 5.11 Å². The first-order valence-corrected chi connectivity index (χ1v) is 8.19. The van der Waals surface area contributed by atoms with Crippen LogP contribution in [0.5, 0.6) is 11.5 Å². The highest BCUT2D eigenvalue weighted by atomic mass is 35.5. The number of pyridine rings is 1. The van der Waals surface area contributed by atoms with Crippen LogP contribution in [0.15, 0.2) is 61.2 Å². The van der Waals surface area contributed by atoms with E-state index in [1.807, 2.05) is 24.3 Å². The summed E-state index contributed by atoms with van der Waals surface area (Å²) >= 11 is 6.32. The molecule has 0 fully saturated rings. The van der Waals surface area contributed by atoms with E-state index in [2.05, 4.69) is 20.4 Å². The second-order valence-corrected chi connectivity index (χ2v) is 5.89. The standard InChI is InChI=1S/C18H14ClN5O2/c19-14-9-12(4-5-16(14)26-10-13-3-1-2-7-20-13)23-18-17-15(25)6-8-24(17)22-11-21-18/h1-9,11,25H,10H2,(H,21,22,23). The number of benzene rings is 1. The van der Waals surface area contributed by atoms with Gasteiger partial charge < -0.3 is 15.2 Å². The van der Waals surface area contributed by atoms with Crippen LogP contribution in [0, 0.1) is 0 Å². The fourth-order valence-electron chi connectivity index (χ4n) is 2.50. The second-order valence-electron chi connectivity index (χ2n) is 5.48. The molecule has 2 N–H and O–H groups in total. The van der Waals surface area contributed by atoms with Crippen molar-refractivity contribution in [2.24, 2.45) is 0 Å². The molecule has 0 saturated carbocycles. The van der Waals surface area contributed by atoms with Gasteiger partial charge in [-0.25, -0.2) is 9.50 Å². The van der Waals surface area contributed by atoms with Gasteiger partial charge in [-0.3, -0.25) is 4.98 Å². The molecule has 0 atom stereocenters. The SMILES string of the molecule is Oc1ccn2ncnc(Nc3ccc(OCc4ccccn4)c(Cl)c3)c12. The summed E-state index contributed by atoms with van der Waals surface area (Å²) in [6.07, 6.45) is 4.77. The van der Waals surface area contributed by atoms with E-state index in [1.54, 1.807) is 30.6 Å². The molecular weight excluding hydrogens is 354 g/mol. The molecule has 8 heteroatoms. The maximum atomic E-state index is 9.95. The Balaban J connectivity index is 1.53. The van der Waals surface area contributed by atoms with Gasteiger partial charge in [0, 0.05) is 24.1 Å². The van der Waals surface area contributed by atoms with Crippen LogP contribution in [-0.2, 0) is 6.61 Å². The molecule has 0 aliphatic carbocycles. The van der Waals surface area contributed by atoms with Gasteiger partial charge in [0.15, 0.2) is 5.82 Å². The molecule has 0 aliphatic heterocycles. The molecule has 3 heterocycles. The third-order valence-electron chi connectivity index (χ3n) is 3.73. The smallest absolute Gasteiger partial charge is 0.162 e. The lowest BCUT2D eigenvalue weighted by Crippen LogP contribution is -2.00. The molecule has 4 aromatic rings. The number of aromatic nitrogens is 4. The first kappa shape index (κ1) is 16.2. The Bertz CT molecular complexity index is 1050. The molecule has 0 bridgehead atoms. The number of hydrogen-bond acceptors (Lipinski definition) is 6. The van der Waals surface area contributed by atoms with E-state index in [0.29, 0.717) is 34.4 Å². The number of ether oxygens (including phenoxy) is 1. The summed E-state index contributed by atoms with van der Waals surface area (Å²) in [4.78, 5) is 8.39. The second kappa shape index (κ2) is 6.89. The lowest BCUT2D eigenvalue weighted by atomic mass is 10.3. The van der Waals surface area contributed by atoms with Gasteiger partial charge in [0.1, 0.15) is 29.9 Å². The average Bonchev–Trinajstić information content (AvgIpc) is 3.04. The molecule has 0 radical (unpaired) electrons. The average molecular weight is 368 g/mol. The van der Waals surface area contributed by atoms with Crippen LogP contribution in [0.1, 0.15) is 5.69 Å². The van der Waals surface area contributed by atoms with Crippen molar-refractivity contribution in [3.8, 4) is 11.5 Å². The van der Waals surface area contributed by atoms with Crippen LogP contribution in [-0.4, -0.2) is 24.7 Å². The Kier molecular flexibility index (Phi) is 4.28. The van der Waals surface area contributed by atoms with E-state index in [0.717, 1.165) is 5.69 Å². The normalized spacial score (nSPS) is 10.8. The molecule has 3 aromatic heterocycles. The van der Waals surface area contributed by atoms with Crippen molar-refractivity contribution in [3.63, 3.8) is 0 Å². The van der Waals surface area contributed by atoms with Crippen LogP contribution < -0.4 is 10.1 Å². The summed E-state index contributed by atoms with van der Waals surface area (Å²) < 4.78 is 7.25. The number of halogens is 1. The number of rotatable bonds is 5. The summed E-state index contributed by atoms with van der Waals surface area (Å²) in [7, 11) is 0. The Hall–Kier alpha value is -3.32. The summed E-state index contributed by atoms with van der Waals surface area (Å²) in [5.41, 5.74) is 2.01. The van der Waals surface area contributed by atoms with Gasteiger partial charge in [-0.15, -0.1) is 0 Å². The zero-order valence-electron chi connectivity index (χ0n) is 13.5. The van der Waals surface area contributed by atoms with Gasteiger partial charge in [-0.1, -0.05) is 17.7 Å². The van der Waals surface area contributed by atoms with Crippen LogP contribution >= 0.6 is 11.6 Å².